The second-order valence-electron chi connectivity index (χ2n) is 7.58. The van der Waals surface area contributed by atoms with Crippen molar-refractivity contribution in [2.75, 3.05) is 0 Å². The highest BCUT2D eigenvalue weighted by atomic mass is 19.4. The molecule has 4 nitrogen and oxygen atoms in total. The van der Waals surface area contributed by atoms with Crippen molar-refractivity contribution in [3.8, 4) is 0 Å². The number of rotatable bonds is 4. The summed E-state index contributed by atoms with van der Waals surface area (Å²) in [5, 5.41) is 12.2. The van der Waals surface area contributed by atoms with Crippen molar-refractivity contribution in [3.05, 3.63) is 0 Å². The Kier molecular flexibility index (Phi) is 5.81. The van der Waals surface area contributed by atoms with Gasteiger partial charge in [-0.15, -0.1) is 0 Å². The minimum absolute atomic E-state index is 0.0586. The fourth-order valence-electron chi connectivity index (χ4n) is 3.92. The first kappa shape index (κ1) is 19.1. The van der Waals surface area contributed by atoms with E-state index in [0.29, 0.717) is 31.6 Å². The second-order valence-corrected chi connectivity index (χ2v) is 7.58. The summed E-state index contributed by atoms with van der Waals surface area (Å²) in [4.78, 5) is 23.9. The SMILES string of the molecule is CC1CCC(NC(=O)CC2CCC(C(F)(F)F)CC2)(C(=O)O)CC1. The van der Waals surface area contributed by atoms with Crippen molar-refractivity contribution >= 4 is 11.9 Å². The summed E-state index contributed by atoms with van der Waals surface area (Å²) in [6.07, 6.45) is -0.845. The van der Waals surface area contributed by atoms with Crippen LogP contribution in [0.1, 0.15) is 64.7 Å². The van der Waals surface area contributed by atoms with Crippen LogP contribution in [-0.2, 0) is 9.59 Å². The highest BCUT2D eigenvalue weighted by Gasteiger charge is 2.44. The Hall–Kier alpha value is -1.27. The van der Waals surface area contributed by atoms with E-state index in [-0.39, 0.29) is 31.1 Å². The molecule has 138 valence electrons. The molecule has 0 bridgehead atoms. The van der Waals surface area contributed by atoms with Crippen LogP contribution in [0, 0.1) is 17.8 Å². The van der Waals surface area contributed by atoms with E-state index in [0.717, 1.165) is 12.8 Å². The monoisotopic (exact) mass is 349 g/mol. The van der Waals surface area contributed by atoms with Crippen molar-refractivity contribution in [2.24, 2.45) is 17.8 Å². The molecule has 7 heteroatoms. The van der Waals surface area contributed by atoms with Crippen LogP contribution in [0.3, 0.4) is 0 Å². The number of carbonyl (C=O) groups is 2. The van der Waals surface area contributed by atoms with Gasteiger partial charge in [0.2, 0.25) is 5.91 Å². The summed E-state index contributed by atoms with van der Waals surface area (Å²) in [7, 11) is 0. The first-order chi connectivity index (χ1) is 11.1. The van der Waals surface area contributed by atoms with Crippen LogP contribution in [0.25, 0.3) is 0 Å². The molecule has 0 aromatic rings. The van der Waals surface area contributed by atoms with Crippen LogP contribution in [0.5, 0.6) is 0 Å². The van der Waals surface area contributed by atoms with E-state index in [4.69, 9.17) is 0 Å². The van der Waals surface area contributed by atoms with Crippen LogP contribution in [0.2, 0.25) is 0 Å². The zero-order valence-corrected chi connectivity index (χ0v) is 14.0. The lowest BCUT2D eigenvalue weighted by atomic mass is 9.76. The van der Waals surface area contributed by atoms with Gasteiger partial charge in [-0.1, -0.05) is 6.92 Å². The molecule has 0 aromatic heterocycles. The molecule has 2 N–H and O–H groups in total. The van der Waals surface area contributed by atoms with Crippen LogP contribution >= 0.6 is 0 Å². The Morgan fingerprint density at radius 3 is 2.08 bits per heavy atom. The molecular weight excluding hydrogens is 323 g/mol. The van der Waals surface area contributed by atoms with Crippen LogP contribution in [0.15, 0.2) is 0 Å². The van der Waals surface area contributed by atoms with Gasteiger partial charge in [0.15, 0.2) is 0 Å². The fourth-order valence-corrected chi connectivity index (χ4v) is 3.92. The van der Waals surface area contributed by atoms with E-state index in [9.17, 15) is 27.9 Å². The molecular formula is C17H26F3NO3. The predicted octanol–water partition coefficient (Wildman–Crippen LogP) is 3.89. The van der Waals surface area contributed by atoms with Gasteiger partial charge < -0.3 is 10.4 Å². The number of carboxylic acids is 1. The van der Waals surface area contributed by atoms with Crippen LogP contribution in [0.4, 0.5) is 13.2 Å². The van der Waals surface area contributed by atoms with Crippen molar-refractivity contribution in [1.29, 1.82) is 0 Å². The lowest BCUT2D eigenvalue weighted by molar-refractivity contribution is -0.184. The molecule has 1 amide bonds. The van der Waals surface area contributed by atoms with Gasteiger partial charge in [0.25, 0.3) is 0 Å². The van der Waals surface area contributed by atoms with Gasteiger partial charge in [-0.05, 0) is 63.2 Å². The van der Waals surface area contributed by atoms with Crippen molar-refractivity contribution in [3.63, 3.8) is 0 Å². The fraction of sp³-hybridized carbons (Fsp3) is 0.882. The van der Waals surface area contributed by atoms with Gasteiger partial charge >= 0.3 is 12.1 Å². The minimum atomic E-state index is -4.15. The van der Waals surface area contributed by atoms with E-state index >= 15 is 0 Å². The van der Waals surface area contributed by atoms with E-state index in [1.54, 1.807) is 0 Å². The third-order valence-corrected chi connectivity index (χ3v) is 5.70. The third-order valence-electron chi connectivity index (χ3n) is 5.70. The molecule has 2 fully saturated rings. The zero-order chi connectivity index (χ0) is 18.0. The predicted molar refractivity (Wildman–Crippen MR) is 82.3 cm³/mol. The van der Waals surface area contributed by atoms with Crippen molar-refractivity contribution in [2.45, 2.75) is 76.4 Å². The maximum Gasteiger partial charge on any atom is 0.391 e. The average molecular weight is 349 g/mol. The number of aliphatic carboxylic acids is 1. The molecule has 2 aliphatic rings. The molecule has 0 atom stereocenters. The Morgan fingerprint density at radius 2 is 1.62 bits per heavy atom. The Labute approximate surface area is 140 Å². The molecule has 0 aromatic carbocycles. The zero-order valence-electron chi connectivity index (χ0n) is 14.0. The number of carbonyl (C=O) groups excluding carboxylic acids is 1. The quantitative estimate of drug-likeness (QED) is 0.809. The van der Waals surface area contributed by atoms with E-state index in [2.05, 4.69) is 12.2 Å². The van der Waals surface area contributed by atoms with Crippen LogP contribution in [-0.4, -0.2) is 28.7 Å². The highest BCUT2D eigenvalue weighted by molar-refractivity contribution is 5.87. The van der Waals surface area contributed by atoms with Gasteiger partial charge in [0, 0.05) is 6.42 Å². The largest absolute Gasteiger partial charge is 0.480 e. The van der Waals surface area contributed by atoms with Gasteiger partial charge in [-0.3, -0.25) is 4.79 Å². The topological polar surface area (TPSA) is 66.4 Å². The highest BCUT2D eigenvalue weighted by Crippen LogP contribution is 2.40. The number of hydrogen-bond donors (Lipinski definition) is 2. The maximum atomic E-state index is 12.7. The van der Waals surface area contributed by atoms with E-state index < -0.39 is 23.6 Å². The second kappa shape index (κ2) is 7.31. The standard InChI is InChI=1S/C17H26F3NO3/c1-11-6-8-16(9-7-11,15(23)24)21-14(22)10-12-2-4-13(5-3-12)17(18,19)20/h11-13H,2-10H2,1H3,(H,21,22)(H,23,24). The van der Waals surface area contributed by atoms with E-state index in [1.165, 1.54) is 0 Å². The average Bonchev–Trinajstić information content (AvgIpc) is 2.49. The number of alkyl halides is 3. The summed E-state index contributed by atoms with van der Waals surface area (Å²) in [5.74, 6) is -2.25. The van der Waals surface area contributed by atoms with Gasteiger partial charge in [0.05, 0.1) is 5.92 Å². The lowest BCUT2D eigenvalue weighted by Gasteiger charge is -2.37. The van der Waals surface area contributed by atoms with E-state index in [1.807, 2.05) is 0 Å². The first-order valence-corrected chi connectivity index (χ1v) is 8.73. The van der Waals surface area contributed by atoms with Gasteiger partial charge in [-0.2, -0.15) is 13.2 Å². The van der Waals surface area contributed by atoms with Crippen LogP contribution < -0.4 is 5.32 Å². The molecule has 2 saturated carbocycles. The van der Waals surface area contributed by atoms with Crippen molar-refractivity contribution in [1.82, 2.24) is 5.32 Å². The van der Waals surface area contributed by atoms with Gasteiger partial charge in [-0.25, -0.2) is 4.79 Å². The molecule has 0 heterocycles. The summed E-state index contributed by atoms with van der Waals surface area (Å²) >= 11 is 0. The Bertz CT molecular complexity index is 462. The summed E-state index contributed by atoms with van der Waals surface area (Å²) in [5.41, 5.74) is -1.20. The molecule has 2 rings (SSSR count). The molecule has 0 saturated heterocycles. The van der Waals surface area contributed by atoms with Gasteiger partial charge in [0.1, 0.15) is 5.54 Å². The molecule has 24 heavy (non-hydrogen) atoms. The lowest BCUT2D eigenvalue weighted by Crippen LogP contribution is -2.56. The summed E-state index contributed by atoms with van der Waals surface area (Å²) in [6.45, 7) is 2.06. The number of halogens is 3. The maximum absolute atomic E-state index is 12.7. The first-order valence-electron chi connectivity index (χ1n) is 8.73. The molecule has 2 aliphatic carbocycles. The molecule has 0 spiro atoms. The molecule has 0 unspecified atom stereocenters. The summed E-state index contributed by atoms with van der Waals surface area (Å²) in [6, 6.07) is 0. The normalized spacial score (nSPS) is 34.6. The number of carboxylic acid groups (broad SMARTS) is 1. The number of nitrogens with one attached hydrogen (secondary N) is 1. The third kappa shape index (κ3) is 4.63. The smallest absolute Gasteiger partial charge is 0.391 e. The molecule has 0 aliphatic heterocycles. The minimum Gasteiger partial charge on any atom is -0.480 e. The Morgan fingerprint density at radius 1 is 1.08 bits per heavy atom. The Balaban J connectivity index is 1.85. The summed E-state index contributed by atoms with van der Waals surface area (Å²) < 4.78 is 38.0. The number of amides is 1. The number of hydrogen-bond acceptors (Lipinski definition) is 2. The van der Waals surface area contributed by atoms with Crippen molar-refractivity contribution < 1.29 is 27.9 Å². The molecule has 0 radical (unpaired) electrons.